The van der Waals surface area contributed by atoms with Crippen LogP contribution in [0, 0.1) is 12.8 Å². The van der Waals surface area contributed by atoms with Gasteiger partial charge in [0.2, 0.25) is 0 Å². The number of hydrogen-bond acceptors (Lipinski definition) is 3. The molecule has 0 amide bonds. The average Bonchev–Trinajstić information content (AvgIpc) is 3.18. The van der Waals surface area contributed by atoms with Crippen LogP contribution >= 0.6 is 0 Å². The first-order valence-corrected chi connectivity index (χ1v) is 7.00. The summed E-state index contributed by atoms with van der Waals surface area (Å²) in [6, 6.07) is 6.56. The molecule has 1 saturated heterocycles. The Morgan fingerprint density at radius 2 is 2.00 bits per heavy atom. The maximum Gasteiger partial charge on any atom is 0.120 e. The van der Waals surface area contributed by atoms with Crippen molar-refractivity contribution < 1.29 is 5.11 Å². The van der Waals surface area contributed by atoms with Crippen LogP contribution in [0.15, 0.2) is 18.2 Å². The van der Waals surface area contributed by atoms with Crippen LogP contribution in [-0.2, 0) is 0 Å². The van der Waals surface area contributed by atoms with Crippen molar-refractivity contribution in [3.8, 4) is 5.75 Å². The van der Waals surface area contributed by atoms with Crippen molar-refractivity contribution in [3.63, 3.8) is 0 Å². The third-order valence-electron chi connectivity index (χ3n) is 4.12. The Kier molecular flexibility index (Phi) is 3.27. The number of phenolic OH excluding ortho intramolecular Hbond substituents is 1. The highest BCUT2D eigenvalue weighted by Gasteiger charge is 2.37. The predicted octanol–water partition coefficient (Wildman–Crippen LogP) is 2.06. The first-order valence-electron chi connectivity index (χ1n) is 7.00. The Bertz CT molecular complexity index is 423. The molecule has 0 aromatic heterocycles. The van der Waals surface area contributed by atoms with Crippen LogP contribution in [0.1, 0.15) is 30.0 Å². The summed E-state index contributed by atoms with van der Waals surface area (Å²) >= 11 is 0. The summed E-state index contributed by atoms with van der Waals surface area (Å²) in [7, 11) is 0. The summed E-state index contributed by atoms with van der Waals surface area (Å²) in [5, 5.41) is 13.6. The van der Waals surface area contributed by atoms with Crippen LogP contribution < -0.4 is 5.32 Å². The molecule has 1 aromatic rings. The Labute approximate surface area is 109 Å². The maximum atomic E-state index is 10.2. The van der Waals surface area contributed by atoms with Crippen molar-refractivity contribution in [3.05, 3.63) is 29.3 Å². The lowest BCUT2D eigenvalue weighted by molar-refractivity contribution is 0.153. The summed E-state index contributed by atoms with van der Waals surface area (Å²) in [4.78, 5) is 2.54. The topological polar surface area (TPSA) is 35.5 Å². The number of nitrogens with zero attached hydrogens (tertiary/aromatic N) is 1. The molecule has 1 atom stereocenters. The fourth-order valence-electron chi connectivity index (χ4n) is 3.02. The zero-order valence-electron chi connectivity index (χ0n) is 11.0. The molecule has 2 fully saturated rings. The summed E-state index contributed by atoms with van der Waals surface area (Å²) < 4.78 is 0. The lowest BCUT2D eigenvalue weighted by atomic mass is 9.97. The Balaban J connectivity index is 1.88. The number of rotatable bonds is 3. The Morgan fingerprint density at radius 3 is 2.61 bits per heavy atom. The molecule has 0 bridgehead atoms. The van der Waals surface area contributed by atoms with E-state index in [4.69, 9.17) is 0 Å². The molecule has 1 heterocycles. The third-order valence-corrected chi connectivity index (χ3v) is 4.12. The summed E-state index contributed by atoms with van der Waals surface area (Å²) in [5.41, 5.74) is 2.26. The van der Waals surface area contributed by atoms with E-state index in [-0.39, 0.29) is 0 Å². The molecule has 3 rings (SSSR count). The van der Waals surface area contributed by atoms with E-state index < -0.39 is 0 Å². The van der Waals surface area contributed by atoms with E-state index in [1.54, 1.807) is 0 Å². The lowest BCUT2D eigenvalue weighted by Gasteiger charge is -2.35. The van der Waals surface area contributed by atoms with Crippen LogP contribution in [0.2, 0.25) is 0 Å². The van der Waals surface area contributed by atoms with Crippen molar-refractivity contribution in [1.82, 2.24) is 10.2 Å². The highest BCUT2D eigenvalue weighted by molar-refractivity contribution is 5.39. The highest BCUT2D eigenvalue weighted by Crippen LogP contribution is 2.46. The molecule has 0 radical (unpaired) electrons. The second-order valence-electron chi connectivity index (χ2n) is 5.63. The summed E-state index contributed by atoms with van der Waals surface area (Å²) in [6.45, 7) is 6.34. The molecular formula is C15H22N2O. The zero-order valence-corrected chi connectivity index (χ0v) is 11.0. The van der Waals surface area contributed by atoms with Crippen LogP contribution in [0.25, 0.3) is 0 Å². The minimum absolute atomic E-state index is 0.424. The molecule has 1 saturated carbocycles. The first-order chi connectivity index (χ1) is 8.75. The number of benzene rings is 1. The molecule has 0 spiro atoms. The predicted molar refractivity (Wildman–Crippen MR) is 72.8 cm³/mol. The van der Waals surface area contributed by atoms with Gasteiger partial charge in [0.25, 0.3) is 0 Å². The van der Waals surface area contributed by atoms with E-state index in [9.17, 15) is 5.11 Å². The van der Waals surface area contributed by atoms with E-state index in [1.807, 2.05) is 13.0 Å². The summed E-state index contributed by atoms with van der Waals surface area (Å²) in [6.07, 6.45) is 2.61. The minimum atomic E-state index is 0.424. The Morgan fingerprint density at radius 1 is 1.28 bits per heavy atom. The zero-order chi connectivity index (χ0) is 12.5. The normalized spacial score (nSPS) is 22.9. The van der Waals surface area contributed by atoms with Gasteiger partial charge in [0, 0.05) is 37.8 Å². The molecule has 3 nitrogen and oxygen atoms in total. The molecular weight excluding hydrogens is 224 g/mol. The van der Waals surface area contributed by atoms with Crippen LogP contribution in [-0.4, -0.2) is 36.2 Å². The van der Waals surface area contributed by atoms with Gasteiger partial charge in [0.1, 0.15) is 5.75 Å². The van der Waals surface area contributed by atoms with Crippen molar-refractivity contribution >= 4 is 0 Å². The van der Waals surface area contributed by atoms with Crippen LogP contribution in [0.5, 0.6) is 5.75 Å². The molecule has 18 heavy (non-hydrogen) atoms. The van der Waals surface area contributed by atoms with Gasteiger partial charge in [-0.1, -0.05) is 12.1 Å². The number of hydrogen-bond donors (Lipinski definition) is 2. The van der Waals surface area contributed by atoms with E-state index in [1.165, 1.54) is 12.8 Å². The molecule has 98 valence electrons. The van der Waals surface area contributed by atoms with Gasteiger partial charge in [-0.25, -0.2) is 0 Å². The lowest BCUT2D eigenvalue weighted by Crippen LogP contribution is -2.45. The van der Waals surface area contributed by atoms with Crippen molar-refractivity contribution in [2.75, 3.05) is 26.2 Å². The fraction of sp³-hybridized carbons (Fsp3) is 0.600. The van der Waals surface area contributed by atoms with Crippen LogP contribution in [0.3, 0.4) is 0 Å². The first kappa shape index (κ1) is 12.0. The SMILES string of the molecule is Cc1ccc([C@H](C2CC2)N2CCNCC2)c(O)c1. The fourth-order valence-corrected chi connectivity index (χ4v) is 3.02. The number of aryl methyl sites for hydroxylation is 1. The second-order valence-corrected chi connectivity index (χ2v) is 5.63. The average molecular weight is 246 g/mol. The molecule has 2 N–H and O–H groups in total. The molecule has 1 aliphatic carbocycles. The van der Waals surface area contributed by atoms with Crippen molar-refractivity contribution in [2.45, 2.75) is 25.8 Å². The number of nitrogens with one attached hydrogen (secondary N) is 1. The van der Waals surface area contributed by atoms with Gasteiger partial charge in [-0.3, -0.25) is 4.90 Å². The Hall–Kier alpha value is -1.06. The van der Waals surface area contributed by atoms with Gasteiger partial charge >= 0.3 is 0 Å². The molecule has 1 aromatic carbocycles. The maximum absolute atomic E-state index is 10.2. The molecule has 1 aliphatic heterocycles. The highest BCUT2D eigenvalue weighted by atomic mass is 16.3. The molecule has 3 heteroatoms. The minimum Gasteiger partial charge on any atom is -0.508 e. The largest absolute Gasteiger partial charge is 0.508 e. The van der Waals surface area contributed by atoms with Gasteiger partial charge in [0.05, 0.1) is 0 Å². The smallest absolute Gasteiger partial charge is 0.120 e. The second kappa shape index (κ2) is 4.90. The van der Waals surface area contributed by atoms with Crippen molar-refractivity contribution in [2.24, 2.45) is 5.92 Å². The van der Waals surface area contributed by atoms with Gasteiger partial charge in [-0.15, -0.1) is 0 Å². The molecule has 0 unspecified atom stereocenters. The van der Waals surface area contributed by atoms with Crippen LogP contribution in [0.4, 0.5) is 0 Å². The summed E-state index contributed by atoms with van der Waals surface area (Å²) in [5.74, 6) is 1.22. The van der Waals surface area contributed by atoms with Gasteiger partial charge in [0.15, 0.2) is 0 Å². The van der Waals surface area contributed by atoms with Crippen molar-refractivity contribution in [1.29, 1.82) is 0 Å². The van der Waals surface area contributed by atoms with E-state index in [2.05, 4.69) is 22.3 Å². The van der Waals surface area contributed by atoms with E-state index in [0.717, 1.165) is 43.2 Å². The third kappa shape index (κ3) is 2.38. The number of piperazine rings is 1. The van der Waals surface area contributed by atoms with E-state index in [0.29, 0.717) is 11.8 Å². The molecule has 2 aliphatic rings. The van der Waals surface area contributed by atoms with Gasteiger partial charge < -0.3 is 10.4 Å². The van der Waals surface area contributed by atoms with E-state index >= 15 is 0 Å². The quantitative estimate of drug-likeness (QED) is 0.857. The number of phenols is 1. The standard InChI is InChI=1S/C15H22N2O/c1-11-2-5-13(14(18)10-11)15(12-3-4-12)17-8-6-16-7-9-17/h2,5,10,12,15-16,18H,3-4,6-9H2,1H3/t15-/m0/s1. The monoisotopic (exact) mass is 246 g/mol. The number of aromatic hydroxyl groups is 1. The van der Waals surface area contributed by atoms with Gasteiger partial charge in [-0.2, -0.15) is 0 Å². The van der Waals surface area contributed by atoms with Gasteiger partial charge in [-0.05, 0) is 37.3 Å².